The van der Waals surface area contributed by atoms with E-state index in [-0.39, 0.29) is 11.6 Å². The molecule has 3 aliphatic carbocycles. The molecule has 4 aliphatic rings. The third-order valence-electron chi connectivity index (χ3n) is 6.70. The summed E-state index contributed by atoms with van der Waals surface area (Å²) in [5, 5.41) is 0. The standard InChI is InChI=1S/C23H26F2N2S/c1-15(14-26(2)3)27-18-6-4-5-7-20(18)28-21-9-8-17(10-19(21)27)23(24,25)22-11-16(12-22)13-22/h4-10,15-16H,11-14H2,1-3H3. The minimum Gasteiger partial charge on any atom is -0.335 e. The Morgan fingerprint density at radius 1 is 1.11 bits per heavy atom. The highest BCUT2D eigenvalue weighted by molar-refractivity contribution is 7.99. The van der Waals surface area contributed by atoms with Crippen molar-refractivity contribution in [2.45, 2.75) is 47.9 Å². The summed E-state index contributed by atoms with van der Waals surface area (Å²) in [4.78, 5) is 6.64. The van der Waals surface area contributed by atoms with Gasteiger partial charge in [0.25, 0.3) is 5.92 Å². The molecule has 0 radical (unpaired) electrons. The molecule has 0 spiro atoms. The lowest BCUT2D eigenvalue weighted by atomic mass is 9.41. The van der Waals surface area contributed by atoms with Crippen LogP contribution in [0.1, 0.15) is 31.7 Å². The van der Waals surface area contributed by atoms with Crippen molar-refractivity contribution in [3.8, 4) is 0 Å². The summed E-state index contributed by atoms with van der Waals surface area (Å²) in [6, 6.07) is 13.8. The van der Waals surface area contributed by atoms with Gasteiger partial charge in [-0.15, -0.1) is 0 Å². The third-order valence-corrected chi connectivity index (χ3v) is 7.83. The van der Waals surface area contributed by atoms with Gasteiger partial charge in [-0.05, 0) is 70.5 Å². The summed E-state index contributed by atoms with van der Waals surface area (Å²) in [5.41, 5.74) is 1.44. The highest BCUT2D eigenvalue weighted by atomic mass is 32.2. The molecule has 28 heavy (non-hydrogen) atoms. The number of rotatable bonds is 5. The van der Waals surface area contributed by atoms with E-state index in [4.69, 9.17) is 0 Å². The minimum atomic E-state index is -2.74. The van der Waals surface area contributed by atoms with Crippen molar-refractivity contribution in [1.82, 2.24) is 4.90 Å². The van der Waals surface area contributed by atoms with Crippen LogP contribution in [0.3, 0.4) is 0 Å². The molecule has 1 atom stereocenters. The van der Waals surface area contributed by atoms with E-state index < -0.39 is 11.3 Å². The first-order valence-electron chi connectivity index (χ1n) is 10.0. The first-order valence-corrected chi connectivity index (χ1v) is 10.9. The highest BCUT2D eigenvalue weighted by Crippen LogP contribution is 2.73. The van der Waals surface area contributed by atoms with Gasteiger partial charge >= 0.3 is 0 Å². The predicted octanol–water partition coefficient (Wildman–Crippen LogP) is 6.13. The number of para-hydroxylation sites is 1. The van der Waals surface area contributed by atoms with Crippen molar-refractivity contribution in [3.05, 3.63) is 48.0 Å². The number of alkyl halides is 2. The highest BCUT2D eigenvalue weighted by Gasteiger charge is 2.69. The Bertz CT molecular complexity index is 910. The van der Waals surface area contributed by atoms with E-state index in [1.165, 1.54) is 4.90 Å². The quantitative estimate of drug-likeness (QED) is 0.596. The van der Waals surface area contributed by atoms with Crippen molar-refractivity contribution >= 4 is 23.1 Å². The lowest BCUT2D eigenvalue weighted by molar-refractivity contribution is -0.271. The van der Waals surface area contributed by atoms with Gasteiger partial charge in [0, 0.05) is 33.4 Å². The van der Waals surface area contributed by atoms with Crippen molar-refractivity contribution in [1.29, 1.82) is 0 Å². The van der Waals surface area contributed by atoms with E-state index in [0.29, 0.717) is 25.2 Å². The van der Waals surface area contributed by atoms with Crippen LogP contribution in [0.2, 0.25) is 0 Å². The van der Waals surface area contributed by atoms with E-state index in [0.717, 1.165) is 22.8 Å². The van der Waals surface area contributed by atoms with Crippen molar-refractivity contribution in [3.63, 3.8) is 0 Å². The van der Waals surface area contributed by atoms with Gasteiger partial charge in [0.1, 0.15) is 0 Å². The average molecular weight is 401 g/mol. The maximum Gasteiger partial charge on any atom is 0.278 e. The van der Waals surface area contributed by atoms with Gasteiger partial charge in [-0.25, -0.2) is 8.78 Å². The number of likely N-dealkylation sites (N-methyl/N-ethyl adjacent to an activating group) is 1. The predicted molar refractivity (Wildman–Crippen MR) is 111 cm³/mol. The van der Waals surface area contributed by atoms with Gasteiger partial charge in [-0.3, -0.25) is 0 Å². The largest absolute Gasteiger partial charge is 0.335 e. The van der Waals surface area contributed by atoms with Crippen LogP contribution in [0.25, 0.3) is 0 Å². The van der Waals surface area contributed by atoms with Gasteiger partial charge in [-0.2, -0.15) is 0 Å². The number of hydrogen-bond acceptors (Lipinski definition) is 3. The SMILES string of the molecule is CC(CN(C)C)N1c2ccccc2Sc2ccc(C(F)(F)C34CC(C3)C4)cc21. The molecule has 148 valence electrons. The number of halogens is 2. The molecular weight excluding hydrogens is 374 g/mol. The normalized spacial score (nSPS) is 26.2. The Balaban J connectivity index is 1.58. The summed E-state index contributed by atoms with van der Waals surface area (Å²) < 4.78 is 30.8. The van der Waals surface area contributed by atoms with Crippen LogP contribution in [0.4, 0.5) is 20.2 Å². The van der Waals surface area contributed by atoms with Gasteiger partial charge in [0.15, 0.2) is 0 Å². The number of hydrogen-bond donors (Lipinski definition) is 0. The van der Waals surface area contributed by atoms with E-state index in [9.17, 15) is 0 Å². The number of anilines is 2. The molecule has 5 heteroatoms. The van der Waals surface area contributed by atoms with E-state index in [1.807, 2.05) is 18.2 Å². The van der Waals surface area contributed by atoms with E-state index >= 15 is 8.78 Å². The molecule has 3 saturated carbocycles. The second kappa shape index (κ2) is 6.20. The van der Waals surface area contributed by atoms with Crippen LogP contribution >= 0.6 is 11.8 Å². The summed E-state index contributed by atoms with van der Waals surface area (Å²) in [7, 11) is 4.10. The average Bonchev–Trinajstić information content (AvgIpc) is 2.55. The molecule has 0 N–H and O–H groups in total. The molecule has 1 unspecified atom stereocenters. The molecule has 1 aliphatic heterocycles. The molecule has 2 aromatic rings. The first-order chi connectivity index (χ1) is 13.3. The lowest BCUT2D eigenvalue weighted by Crippen LogP contribution is -2.60. The van der Waals surface area contributed by atoms with Gasteiger partial charge in [-0.1, -0.05) is 30.0 Å². The fourth-order valence-electron chi connectivity index (χ4n) is 5.23. The fraction of sp³-hybridized carbons (Fsp3) is 0.478. The maximum absolute atomic E-state index is 15.4. The monoisotopic (exact) mass is 400 g/mol. The molecule has 2 nitrogen and oxygen atoms in total. The van der Waals surface area contributed by atoms with Gasteiger partial charge < -0.3 is 9.80 Å². The molecule has 3 fully saturated rings. The first kappa shape index (κ1) is 18.4. The van der Waals surface area contributed by atoms with Gasteiger partial charge in [0.05, 0.1) is 11.4 Å². The van der Waals surface area contributed by atoms with Gasteiger partial charge in [0.2, 0.25) is 0 Å². The fourth-order valence-corrected chi connectivity index (χ4v) is 6.28. The lowest BCUT2D eigenvalue weighted by Gasteiger charge is -2.64. The minimum absolute atomic E-state index is 0.176. The Labute approximate surface area is 169 Å². The Hall–Kier alpha value is -1.59. The third kappa shape index (κ3) is 2.55. The Kier molecular flexibility index (Phi) is 4.08. The summed E-state index contributed by atoms with van der Waals surface area (Å²) in [6.45, 7) is 3.02. The van der Waals surface area contributed by atoms with Crippen LogP contribution < -0.4 is 4.90 Å². The van der Waals surface area contributed by atoms with Crippen molar-refractivity contribution in [2.75, 3.05) is 25.5 Å². The second-order valence-electron chi connectivity index (χ2n) is 9.07. The molecule has 0 amide bonds. The smallest absolute Gasteiger partial charge is 0.278 e. The molecule has 1 heterocycles. The molecule has 0 aromatic heterocycles. The second-order valence-corrected chi connectivity index (χ2v) is 10.2. The van der Waals surface area contributed by atoms with Crippen LogP contribution in [-0.4, -0.2) is 31.6 Å². The summed E-state index contributed by atoms with van der Waals surface area (Å²) in [5.74, 6) is -2.20. The zero-order chi connectivity index (χ0) is 19.7. The zero-order valence-electron chi connectivity index (χ0n) is 16.6. The van der Waals surface area contributed by atoms with Crippen LogP contribution in [0.5, 0.6) is 0 Å². The summed E-state index contributed by atoms with van der Waals surface area (Å²) in [6.07, 6.45) is 2.07. The van der Waals surface area contributed by atoms with Crippen LogP contribution in [0.15, 0.2) is 52.3 Å². The molecule has 6 rings (SSSR count). The topological polar surface area (TPSA) is 6.48 Å². The summed E-state index contributed by atoms with van der Waals surface area (Å²) >= 11 is 1.68. The maximum atomic E-state index is 15.4. The number of benzene rings is 2. The van der Waals surface area contributed by atoms with E-state index in [1.54, 1.807) is 23.9 Å². The Morgan fingerprint density at radius 2 is 1.79 bits per heavy atom. The van der Waals surface area contributed by atoms with Crippen molar-refractivity contribution in [2.24, 2.45) is 11.3 Å². The molecular formula is C23H26F2N2S. The number of nitrogens with zero attached hydrogens (tertiary/aromatic N) is 2. The molecule has 0 saturated heterocycles. The Morgan fingerprint density at radius 3 is 2.43 bits per heavy atom. The van der Waals surface area contributed by atoms with E-state index in [2.05, 4.69) is 43.0 Å². The number of fused-ring (bicyclic) bond motifs is 2. The van der Waals surface area contributed by atoms with Crippen LogP contribution in [-0.2, 0) is 5.92 Å². The van der Waals surface area contributed by atoms with Crippen LogP contribution in [0, 0.1) is 11.3 Å². The molecule has 2 bridgehead atoms. The molecule has 2 aromatic carbocycles. The van der Waals surface area contributed by atoms with Crippen molar-refractivity contribution < 1.29 is 8.78 Å². The zero-order valence-corrected chi connectivity index (χ0v) is 17.4.